The Kier molecular flexibility index (Phi) is 7.61. The fourth-order valence-corrected chi connectivity index (χ4v) is 2.35. The van der Waals surface area contributed by atoms with Crippen LogP contribution in [-0.4, -0.2) is 36.0 Å². The lowest BCUT2D eigenvalue weighted by atomic mass is 9.87. The molecule has 138 valence electrons. The van der Waals surface area contributed by atoms with Crippen LogP contribution in [-0.2, 0) is 15.0 Å². The highest BCUT2D eigenvalue weighted by Gasteiger charge is 2.18. The van der Waals surface area contributed by atoms with Crippen molar-refractivity contribution < 1.29 is 19.5 Å². The third-order valence-electron chi connectivity index (χ3n) is 3.95. The van der Waals surface area contributed by atoms with Gasteiger partial charge in [0.1, 0.15) is 0 Å². The van der Waals surface area contributed by atoms with E-state index in [1.165, 1.54) is 0 Å². The molecule has 6 nitrogen and oxygen atoms in total. The monoisotopic (exact) mass is 348 g/mol. The van der Waals surface area contributed by atoms with Crippen molar-refractivity contribution in [1.82, 2.24) is 10.6 Å². The van der Waals surface area contributed by atoms with Crippen LogP contribution in [0.3, 0.4) is 0 Å². The quantitative estimate of drug-likeness (QED) is 0.672. The van der Waals surface area contributed by atoms with Crippen molar-refractivity contribution in [2.75, 3.05) is 13.1 Å². The largest absolute Gasteiger partial charge is 0.481 e. The third kappa shape index (κ3) is 6.95. The molecule has 0 aliphatic carbocycles. The van der Waals surface area contributed by atoms with Crippen molar-refractivity contribution in [3.8, 4) is 0 Å². The number of rotatable bonds is 8. The van der Waals surface area contributed by atoms with E-state index in [1.54, 1.807) is 12.1 Å². The standard InChI is InChI=1S/C19H28N2O4/c1-5-6-14(18(24)25)11-20-16(22)12-21-17(23)13-7-9-15(10-8-13)19(2,3)4/h7-10,14H,5-6,11-12H2,1-4H3,(H,20,22)(H,21,23)(H,24,25). The Labute approximate surface area is 149 Å². The van der Waals surface area contributed by atoms with E-state index in [2.05, 4.69) is 31.4 Å². The van der Waals surface area contributed by atoms with Crippen LogP contribution >= 0.6 is 0 Å². The van der Waals surface area contributed by atoms with Gasteiger partial charge in [-0.3, -0.25) is 14.4 Å². The van der Waals surface area contributed by atoms with Crippen LogP contribution in [0, 0.1) is 5.92 Å². The summed E-state index contributed by atoms with van der Waals surface area (Å²) in [5, 5.41) is 14.1. The average Bonchev–Trinajstić information content (AvgIpc) is 2.55. The fraction of sp³-hybridized carbons (Fsp3) is 0.526. The summed E-state index contributed by atoms with van der Waals surface area (Å²) in [6.07, 6.45) is 1.23. The highest BCUT2D eigenvalue weighted by atomic mass is 16.4. The maximum absolute atomic E-state index is 12.1. The number of benzene rings is 1. The van der Waals surface area contributed by atoms with Gasteiger partial charge >= 0.3 is 5.97 Å². The SMILES string of the molecule is CCCC(CNC(=O)CNC(=O)c1ccc(C(C)(C)C)cc1)C(=O)O. The van der Waals surface area contributed by atoms with Gasteiger partial charge in [0.15, 0.2) is 0 Å². The Morgan fingerprint density at radius 3 is 2.16 bits per heavy atom. The molecule has 1 rings (SSSR count). The number of carbonyl (C=O) groups is 3. The Morgan fingerprint density at radius 2 is 1.68 bits per heavy atom. The van der Waals surface area contributed by atoms with Crippen LogP contribution in [0.2, 0.25) is 0 Å². The normalized spacial score (nSPS) is 12.3. The zero-order chi connectivity index (χ0) is 19.0. The van der Waals surface area contributed by atoms with Gasteiger partial charge < -0.3 is 15.7 Å². The van der Waals surface area contributed by atoms with Gasteiger partial charge in [0.25, 0.3) is 5.91 Å². The molecule has 1 aromatic rings. The Hall–Kier alpha value is -2.37. The minimum Gasteiger partial charge on any atom is -0.481 e. The Morgan fingerprint density at radius 1 is 1.08 bits per heavy atom. The van der Waals surface area contributed by atoms with E-state index < -0.39 is 17.8 Å². The number of carboxylic acid groups (broad SMARTS) is 1. The van der Waals surface area contributed by atoms with Crippen molar-refractivity contribution in [2.45, 2.75) is 46.0 Å². The van der Waals surface area contributed by atoms with Crippen LogP contribution in [0.25, 0.3) is 0 Å². The van der Waals surface area contributed by atoms with E-state index in [4.69, 9.17) is 5.11 Å². The van der Waals surface area contributed by atoms with E-state index >= 15 is 0 Å². The molecule has 0 aliphatic heterocycles. The molecule has 6 heteroatoms. The van der Waals surface area contributed by atoms with Crippen molar-refractivity contribution in [1.29, 1.82) is 0 Å². The van der Waals surface area contributed by atoms with Gasteiger partial charge in [-0.25, -0.2) is 0 Å². The third-order valence-corrected chi connectivity index (χ3v) is 3.95. The predicted octanol–water partition coefficient (Wildman–Crippen LogP) is 2.33. The molecule has 0 heterocycles. The molecule has 1 atom stereocenters. The molecule has 2 amide bonds. The van der Waals surface area contributed by atoms with E-state index in [9.17, 15) is 14.4 Å². The zero-order valence-corrected chi connectivity index (χ0v) is 15.4. The molecule has 0 fully saturated rings. The average molecular weight is 348 g/mol. The first-order valence-electron chi connectivity index (χ1n) is 8.53. The van der Waals surface area contributed by atoms with Crippen molar-refractivity contribution in [3.05, 3.63) is 35.4 Å². The highest BCUT2D eigenvalue weighted by molar-refractivity contribution is 5.96. The van der Waals surface area contributed by atoms with E-state index in [-0.39, 0.29) is 24.4 Å². The van der Waals surface area contributed by atoms with Gasteiger partial charge in [0, 0.05) is 12.1 Å². The molecular formula is C19H28N2O4. The topological polar surface area (TPSA) is 95.5 Å². The molecule has 0 saturated carbocycles. The van der Waals surface area contributed by atoms with Gasteiger partial charge in [0.2, 0.25) is 5.91 Å². The molecule has 0 aliphatic rings. The summed E-state index contributed by atoms with van der Waals surface area (Å²) in [6.45, 7) is 8.05. The minimum absolute atomic E-state index is 0.00800. The second-order valence-electron chi connectivity index (χ2n) is 7.14. The van der Waals surface area contributed by atoms with Crippen LogP contribution < -0.4 is 10.6 Å². The molecular weight excluding hydrogens is 320 g/mol. The van der Waals surface area contributed by atoms with Gasteiger partial charge in [0.05, 0.1) is 12.5 Å². The zero-order valence-electron chi connectivity index (χ0n) is 15.4. The maximum Gasteiger partial charge on any atom is 0.308 e. The van der Waals surface area contributed by atoms with Gasteiger partial charge in [-0.2, -0.15) is 0 Å². The molecule has 0 radical (unpaired) electrons. The maximum atomic E-state index is 12.1. The van der Waals surface area contributed by atoms with Crippen molar-refractivity contribution in [3.63, 3.8) is 0 Å². The lowest BCUT2D eigenvalue weighted by Gasteiger charge is -2.19. The molecule has 0 saturated heterocycles. The summed E-state index contributed by atoms with van der Waals surface area (Å²) >= 11 is 0. The summed E-state index contributed by atoms with van der Waals surface area (Å²) in [6, 6.07) is 7.26. The predicted molar refractivity (Wildman–Crippen MR) is 96.5 cm³/mol. The number of amides is 2. The van der Waals surface area contributed by atoms with Crippen LogP contribution in [0.15, 0.2) is 24.3 Å². The minimum atomic E-state index is -0.926. The lowest BCUT2D eigenvalue weighted by Crippen LogP contribution is -2.40. The smallest absolute Gasteiger partial charge is 0.308 e. The first-order chi connectivity index (χ1) is 11.6. The molecule has 25 heavy (non-hydrogen) atoms. The molecule has 1 aromatic carbocycles. The van der Waals surface area contributed by atoms with E-state index in [0.29, 0.717) is 12.0 Å². The number of hydrogen-bond donors (Lipinski definition) is 3. The van der Waals surface area contributed by atoms with Crippen LogP contribution in [0.4, 0.5) is 0 Å². The van der Waals surface area contributed by atoms with Crippen LogP contribution in [0.1, 0.15) is 56.5 Å². The molecule has 3 N–H and O–H groups in total. The number of nitrogens with one attached hydrogen (secondary N) is 2. The number of carbonyl (C=O) groups excluding carboxylic acids is 2. The fourth-order valence-electron chi connectivity index (χ4n) is 2.35. The van der Waals surface area contributed by atoms with Gasteiger partial charge in [-0.05, 0) is 29.5 Å². The lowest BCUT2D eigenvalue weighted by molar-refractivity contribution is -0.141. The first-order valence-corrected chi connectivity index (χ1v) is 8.53. The van der Waals surface area contributed by atoms with Crippen LogP contribution in [0.5, 0.6) is 0 Å². The second-order valence-corrected chi connectivity index (χ2v) is 7.14. The van der Waals surface area contributed by atoms with Gasteiger partial charge in [-0.15, -0.1) is 0 Å². The summed E-state index contributed by atoms with van der Waals surface area (Å²) in [5.41, 5.74) is 1.61. The Bertz CT molecular complexity index is 603. The molecule has 0 spiro atoms. The Balaban J connectivity index is 2.47. The number of hydrogen-bond acceptors (Lipinski definition) is 3. The number of aliphatic carboxylic acids is 1. The summed E-state index contributed by atoms with van der Waals surface area (Å²) in [7, 11) is 0. The van der Waals surface area contributed by atoms with Gasteiger partial charge in [-0.1, -0.05) is 46.2 Å². The van der Waals surface area contributed by atoms with E-state index in [1.807, 2.05) is 19.1 Å². The second kappa shape index (κ2) is 9.20. The molecule has 1 unspecified atom stereocenters. The van der Waals surface area contributed by atoms with Crippen molar-refractivity contribution >= 4 is 17.8 Å². The highest BCUT2D eigenvalue weighted by Crippen LogP contribution is 2.22. The number of carboxylic acids is 1. The van der Waals surface area contributed by atoms with E-state index in [0.717, 1.165) is 12.0 Å². The molecule has 0 aromatic heterocycles. The molecule has 0 bridgehead atoms. The van der Waals surface area contributed by atoms with Crippen molar-refractivity contribution in [2.24, 2.45) is 5.92 Å². The summed E-state index contributed by atoms with van der Waals surface area (Å²) in [4.78, 5) is 34.9. The first kappa shape index (κ1) is 20.7. The summed E-state index contributed by atoms with van der Waals surface area (Å²) in [5.74, 6) is -2.26. The summed E-state index contributed by atoms with van der Waals surface area (Å²) < 4.78 is 0.